The van der Waals surface area contributed by atoms with Gasteiger partial charge in [0.15, 0.2) is 0 Å². The van der Waals surface area contributed by atoms with Crippen molar-refractivity contribution in [2.75, 3.05) is 20.1 Å². The summed E-state index contributed by atoms with van der Waals surface area (Å²) in [5.74, 6) is 0.614. The molecule has 112 valence electrons. The van der Waals surface area contributed by atoms with Gasteiger partial charge >= 0.3 is 0 Å². The van der Waals surface area contributed by atoms with Crippen LogP contribution in [0.25, 0.3) is 0 Å². The molecule has 20 heavy (non-hydrogen) atoms. The van der Waals surface area contributed by atoms with Crippen LogP contribution in [0.15, 0.2) is 29.2 Å². The molecule has 0 radical (unpaired) electrons. The van der Waals surface area contributed by atoms with Gasteiger partial charge in [-0.05, 0) is 43.9 Å². The van der Waals surface area contributed by atoms with Gasteiger partial charge in [-0.1, -0.05) is 25.1 Å². The maximum Gasteiger partial charge on any atom is 0.243 e. The third kappa shape index (κ3) is 3.40. The van der Waals surface area contributed by atoms with Crippen LogP contribution in [0.2, 0.25) is 0 Å². The molecule has 1 fully saturated rings. The highest BCUT2D eigenvalue weighted by Gasteiger charge is 2.28. The lowest BCUT2D eigenvalue weighted by Gasteiger charge is -2.21. The molecule has 1 aromatic carbocycles. The van der Waals surface area contributed by atoms with Gasteiger partial charge in [0.25, 0.3) is 0 Å². The van der Waals surface area contributed by atoms with Crippen molar-refractivity contribution in [3.05, 3.63) is 29.8 Å². The van der Waals surface area contributed by atoms with E-state index in [0.717, 1.165) is 24.8 Å². The summed E-state index contributed by atoms with van der Waals surface area (Å²) in [6.45, 7) is 4.04. The second-order valence-corrected chi connectivity index (χ2v) is 7.48. The Labute approximate surface area is 122 Å². The molecular weight excluding hydrogens is 272 g/mol. The average Bonchev–Trinajstić information content (AvgIpc) is 2.65. The molecule has 0 saturated carbocycles. The van der Waals surface area contributed by atoms with Crippen LogP contribution in [0.4, 0.5) is 0 Å². The fourth-order valence-electron chi connectivity index (χ4n) is 2.71. The van der Waals surface area contributed by atoms with Crippen molar-refractivity contribution in [1.29, 1.82) is 0 Å². The Morgan fingerprint density at radius 1 is 1.25 bits per heavy atom. The minimum absolute atomic E-state index is 0.448. The molecule has 0 aromatic heterocycles. The molecule has 5 heteroatoms. The lowest BCUT2D eigenvalue weighted by molar-refractivity contribution is 0.416. The highest BCUT2D eigenvalue weighted by molar-refractivity contribution is 7.89. The molecule has 0 bridgehead atoms. The number of hydrogen-bond acceptors (Lipinski definition) is 3. The first-order valence-electron chi connectivity index (χ1n) is 7.28. The fourth-order valence-corrected chi connectivity index (χ4v) is 4.42. The minimum atomic E-state index is -3.37. The molecule has 1 aliphatic heterocycles. The van der Waals surface area contributed by atoms with E-state index in [1.165, 1.54) is 0 Å². The third-order valence-electron chi connectivity index (χ3n) is 3.93. The fraction of sp³-hybridized carbons (Fsp3) is 0.600. The highest BCUT2D eigenvalue weighted by Crippen LogP contribution is 2.25. The lowest BCUT2D eigenvalue weighted by Crippen LogP contribution is -2.33. The molecule has 1 N–H and O–H groups in total. The van der Waals surface area contributed by atoms with E-state index in [1.807, 2.05) is 19.2 Å². The molecule has 0 spiro atoms. The Hall–Kier alpha value is -0.910. The van der Waals surface area contributed by atoms with Crippen LogP contribution >= 0.6 is 0 Å². The van der Waals surface area contributed by atoms with E-state index in [4.69, 9.17) is 0 Å². The Morgan fingerprint density at radius 2 is 2.00 bits per heavy atom. The summed E-state index contributed by atoms with van der Waals surface area (Å²) in [6, 6.07) is 7.28. The Bertz CT molecular complexity index is 543. The summed E-state index contributed by atoms with van der Waals surface area (Å²) in [7, 11) is -1.54. The van der Waals surface area contributed by atoms with Crippen molar-refractivity contribution in [1.82, 2.24) is 9.62 Å². The van der Waals surface area contributed by atoms with E-state index in [0.29, 0.717) is 30.4 Å². The second kappa shape index (κ2) is 6.70. The van der Waals surface area contributed by atoms with Gasteiger partial charge in [-0.2, -0.15) is 4.31 Å². The molecule has 0 aliphatic carbocycles. The molecule has 1 heterocycles. The average molecular weight is 296 g/mol. The second-order valence-electron chi connectivity index (χ2n) is 5.58. The van der Waals surface area contributed by atoms with E-state index >= 15 is 0 Å². The first-order chi connectivity index (χ1) is 9.55. The van der Waals surface area contributed by atoms with Gasteiger partial charge in [-0.15, -0.1) is 0 Å². The minimum Gasteiger partial charge on any atom is -0.316 e. The van der Waals surface area contributed by atoms with Crippen molar-refractivity contribution < 1.29 is 8.42 Å². The molecule has 1 aromatic rings. The van der Waals surface area contributed by atoms with Crippen molar-refractivity contribution in [3.8, 4) is 0 Å². The molecule has 1 aliphatic rings. The van der Waals surface area contributed by atoms with Crippen LogP contribution in [-0.4, -0.2) is 32.9 Å². The van der Waals surface area contributed by atoms with Gasteiger partial charge in [0.1, 0.15) is 0 Å². The molecule has 4 nitrogen and oxygen atoms in total. The topological polar surface area (TPSA) is 49.4 Å². The highest BCUT2D eigenvalue weighted by atomic mass is 32.2. The number of nitrogens with one attached hydrogen (secondary N) is 1. The zero-order valence-corrected chi connectivity index (χ0v) is 13.1. The number of hydrogen-bond donors (Lipinski definition) is 1. The summed E-state index contributed by atoms with van der Waals surface area (Å²) < 4.78 is 27.3. The number of nitrogens with zero attached hydrogens (tertiary/aromatic N) is 1. The summed E-state index contributed by atoms with van der Waals surface area (Å²) in [6.07, 6.45) is 3.02. The van der Waals surface area contributed by atoms with Crippen LogP contribution in [-0.2, 0) is 16.6 Å². The SMILES string of the molecule is CNCc1ccccc1S(=O)(=O)N1CCCC(C)CC1. The van der Waals surface area contributed by atoms with Gasteiger partial charge in [-0.25, -0.2) is 8.42 Å². The molecule has 1 saturated heterocycles. The molecule has 1 atom stereocenters. The van der Waals surface area contributed by atoms with E-state index < -0.39 is 10.0 Å². The largest absolute Gasteiger partial charge is 0.316 e. The van der Waals surface area contributed by atoms with Crippen molar-refractivity contribution in [2.45, 2.75) is 37.6 Å². The van der Waals surface area contributed by atoms with Crippen molar-refractivity contribution in [2.24, 2.45) is 5.92 Å². The monoisotopic (exact) mass is 296 g/mol. The predicted octanol–water partition coefficient (Wildman–Crippen LogP) is 2.22. The summed E-state index contributed by atoms with van der Waals surface area (Å²) in [5, 5.41) is 3.04. The lowest BCUT2D eigenvalue weighted by atomic mass is 10.0. The van der Waals surface area contributed by atoms with Gasteiger partial charge < -0.3 is 5.32 Å². The standard InChI is InChI=1S/C15H24N2O2S/c1-13-6-5-10-17(11-9-13)20(18,19)15-8-4-3-7-14(15)12-16-2/h3-4,7-8,13,16H,5-6,9-12H2,1-2H3. The number of sulfonamides is 1. The van der Waals surface area contributed by atoms with E-state index in [9.17, 15) is 8.42 Å². The van der Waals surface area contributed by atoms with Gasteiger partial charge in [0.05, 0.1) is 4.90 Å². The first kappa shape index (κ1) is 15.5. The zero-order valence-electron chi connectivity index (χ0n) is 12.3. The van der Waals surface area contributed by atoms with Crippen LogP contribution in [0.5, 0.6) is 0 Å². The first-order valence-corrected chi connectivity index (χ1v) is 8.72. The molecular formula is C15H24N2O2S. The smallest absolute Gasteiger partial charge is 0.243 e. The predicted molar refractivity (Wildman–Crippen MR) is 81.0 cm³/mol. The molecule has 2 rings (SSSR count). The Balaban J connectivity index is 2.30. The Morgan fingerprint density at radius 3 is 2.75 bits per heavy atom. The summed E-state index contributed by atoms with van der Waals surface area (Å²) in [4.78, 5) is 0.448. The van der Waals surface area contributed by atoms with Gasteiger partial charge in [0.2, 0.25) is 10.0 Å². The van der Waals surface area contributed by atoms with Crippen LogP contribution in [0, 0.1) is 5.92 Å². The van der Waals surface area contributed by atoms with E-state index in [2.05, 4.69) is 12.2 Å². The maximum atomic E-state index is 12.8. The van der Waals surface area contributed by atoms with Crippen LogP contribution in [0.1, 0.15) is 31.7 Å². The van der Waals surface area contributed by atoms with Crippen LogP contribution < -0.4 is 5.32 Å². The van der Waals surface area contributed by atoms with Crippen molar-refractivity contribution in [3.63, 3.8) is 0 Å². The van der Waals surface area contributed by atoms with Gasteiger partial charge in [-0.3, -0.25) is 0 Å². The Kier molecular flexibility index (Phi) is 5.18. The van der Waals surface area contributed by atoms with Crippen molar-refractivity contribution >= 4 is 10.0 Å². The van der Waals surface area contributed by atoms with Crippen LogP contribution in [0.3, 0.4) is 0 Å². The third-order valence-corrected chi connectivity index (χ3v) is 5.93. The molecule has 1 unspecified atom stereocenters. The normalized spacial score (nSPS) is 21.6. The quantitative estimate of drug-likeness (QED) is 0.927. The summed E-state index contributed by atoms with van der Waals surface area (Å²) >= 11 is 0. The maximum absolute atomic E-state index is 12.8. The van der Waals surface area contributed by atoms with E-state index in [1.54, 1.807) is 16.4 Å². The zero-order chi connectivity index (χ0) is 14.6. The molecule has 0 amide bonds. The summed E-state index contributed by atoms with van der Waals surface area (Å²) in [5.41, 5.74) is 0.840. The van der Waals surface area contributed by atoms with Gasteiger partial charge in [0, 0.05) is 19.6 Å². The number of benzene rings is 1. The number of rotatable bonds is 4. The van der Waals surface area contributed by atoms with E-state index in [-0.39, 0.29) is 0 Å².